The highest BCUT2D eigenvalue weighted by Crippen LogP contribution is 2.28. The molecule has 1 N–H and O–H groups in total. The van der Waals surface area contributed by atoms with Crippen molar-refractivity contribution < 1.29 is 0 Å². The Hall–Kier alpha value is -1.03. The molecule has 1 unspecified atom stereocenters. The SMILES string of the molecule is CC(C)C(Nc1ccccc1I)c1ccccc1. The number of rotatable bonds is 4. The summed E-state index contributed by atoms with van der Waals surface area (Å²) >= 11 is 2.37. The maximum Gasteiger partial charge on any atom is 0.0537 e. The van der Waals surface area contributed by atoms with Crippen LogP contribution in [0.3, 0.4) is 0 Å². The molecule has 2 aromatic rings. The molecule has 0 aliphatic rings. The minimum atomic E-state index is 0.349. The largest absolute Gasteiger partial charge is 0.377 e. The molecule has 0 amide bonds. The van der Waals surface area contributed by atoms with Gasteiger partial charge in [0.1, 0.15) is 0 Å². The number of hydrogen-bond acceptors (Lipinski definition) is 1. The summed E-state index contributed by atoms with van der Waals surface area (Å²) in [4.78, 5) is 0. The molecule has 0 heterocycles. The second-order valence-corrected chi connectivity index (χ2v) is 5.92. The van der Waals surface area contributed by atoms with Crippen molar-refractivity contribution in [3.63, 3.8) is 0 Å². The van der Waals surface area contributed by atoms with Crippen LogP contribution in [0.2, 0.25) is 0 Å². The van der Waals surface area contributed by atoms with E-state index in [2.05, 4.69) is 96.4 Å². The fraction of sp³-hybridized carbons (Fsp3) is 0.250. The van der Waals surface area contributed by atoms with E-state index in [1.807, 2.05) is 0 Å². The summed E-state index contributed by atoms with van der Waals surface area (Å²) in [7, 11) is 0. The van der Waals surface area contributed by atoms with E-state index in [-0.39, 0.29) is 0 Å². The van der Waals surface area contributed by atoms with Crippen LogP contribution in [0.1, 0.15) is 25.5 Å². The molecule has 0 fully saturated rings. The average molecular weight is 351 g/mol. The van der Waals surface area contributed by atoms with Crippen LogP contribution < -0.4 is 5.32 Å². The maximum absolute atomic E-state index is 3.66. The van der Waals surface area contributed by atoms with Gasteiger partial charge in [-0.2, -0.15) is 0 Å². The molecule has 1 nitrogen and oxygen atoms in total. The predicted octanol–water partition coefficient (Wildman–Crippen LogP) is 5.10. The van der Waals surface area contributed by atoms with Gasteiger partial charge in [-0.3, -0.25) is 0 Å². The standard InChI is InChI=1S/C16H18IN/c1-12(2)16(13-8-4-3-5-9-13)18-15-11-7-6-10-14(15)17/h3-12,16,18H,1-2H3. The third kappa shape index (κ3) is 3.25. The highest BCUT2D eigenvalue weighted by molar-refractivity contribution is 14.1. The summed E-state index contributed by atoms with van der Waals surface area (Å²) < 4.78 is 1.26. The van der Waals surface area contributed by atoms with Crippen molar-refractivity contribution >= 4 is 28.3 Å². The number of halogens is 1. The van der Waals surface area contributed by atoms with Gasteiger partial charge >= 0.3 is 0 Å². The van der Waals surface area contributed by atoms with Gasteiger partial charge in [0.2, 0.25) is 0 Å². The lowest BCUT2D eigenvalue weighted by Crippen LogP contribution is -2.17. The summed E-state index contributed by atoms with van der Waals surface area (Å²) in [6, 6.07) is 19.4. The molecular weight excluding hydrogens is 333 g/mol. The molecule has 0 aliphatic carbocycles. The Morgan fingerprint density at radius 3 is 2.11 bits per heavy atom. The van der Waals surface area contributed by atoms with E-state index in [1.54, 1.807) is 0 Å². The van der Waals surface area contributed by atoms with E-state index < -0.39 is 0 Å². The number of benzene rings is 2. The lowest BCUT2D eigenvalue weighted by atomic mass is 9.96. The molecule has 18 heavy (non-hydrogen) atoms. The van der Waals surface area contributed by atoms with Crippen LogP contribution in [0.25, 0.3) is 0 Å². The Kier molecular flexibility index (Phi) is 4.64. The Morgan fingerprint density at radius 2 is 1.50 bits per heavy atom. The smallest absolute Gasteiger partial charge is 0.0537 e. The van der Waals surface area contributed by atoms with E-state index in [1.165, 1.54) is 14.8 Å². The lowest BCUT2D eigenvalue weighted by molar-refractivity contribution is 0.546. The topological polar surface area (TPSA) is 12.0 Å². The minimum absolute atomic E-state index is 0.349. The molecule has 0 aliphatic heterocycles. The van der Waals surface area contributed by atoms with Crippen molar-refractivity contribution in [2.24, 2.45) is 5.92 Å². The molecule has 2 heteroatoms. The number of hydrogen-bond donors (Lipinski definition) is 1. The van der Waals surface area contributed by atoms with Crippen LogP contribution in [-0.4, -0.2) is 0 Å². The summed E-state index contributed by atoms with van der Waals surface area (Å²) in [5.41, 5.74) is 2.55. The molecule has 0 saturated carbocycles. The summed E-state index contributed by atoms with van der Waals surface area (Å²) in [5.74, 6) is 0.545. The zero-order valence-corrected chi connectivity index (χ0v) is 12.9. The van der Waals surface area contributed by atoms with Gasteiger partial charge < -0.3 is 5.32 Å². The van der Waals surface area contributed by atoms with E-state index in [0.717, 1.165) is 0 Å². The first-order chi connectivity index (χ1) is 8.68. The van der Waals surface area contributed by atoms with Gasteiger partial charge in [-0.1, -0.05) is 56.3 Å². The van der Waals surface area contributed by atoms with Crippen LogP contribution in [0.15, 0.2) is 54.6 Å². The Bertz CT molecular complexity index is 493. The molecule has 0 saturated heterocycles. The lowest BCUT2D eigenvalue weighted by Gasteiger charge is -2.24. The first kappa shape index (κ1) is 13.4. The fourth-order valence-electron chi connectivity index (χ4n) is 2.04. The van der Waals surface area contributed by atoms with Crippen LogP contribution in [-0.2, 0) is 0 Å². The summed E-state index contributed by atoms with van der Waals surface area (Å²) in [6.45, 7) is 4.50. The zero-order chi connectivity index (χ0) is 13.0. The van der Waals surface area contributed by atoms with E-state index in [0.29, 0.717) is 12.0 Å². The molecule has 2 rings (SSSR count). The zero-order valence-electron chi connectivity index (χ0n) is 10.7. The summed E-state index contributed by atoms with van der Waals surface area (Å²) in [6.07, 6.45) is 0. The molecule has 0 radical (unpaired) electrons. The number of anilines is 1. The minimum Gasteiger partial charge on any atom is -0.377 e. The molecule has 0 aromatic heterocycles. The van der Waals surface area contributed by atoms with E-state index in [4.69, 9.17) is 0 Å². The first-order valence-corrected chi connectivity index (χ1v) is 7.32. The highest BCUT2D eigenvalue weighted by atomic mass is 127. The first-order valence-electron chi connectivity index (χ1n) is 6.24. The Balaban J connectivity index is 2.26. The van der Waals surface area contributed by atoms with E-state index in [9.17, 15) is 0 Å². The van der Waals surface area contributed by atoms with E-state index >= 15 is 0 Å². The van der Waals surface area contributed by atoms with Gasteiger partial charge in [-0.15, -0.1) is 0 Å². The van der Waals surface area contributed by atoms with Crippen LogP contribution in [0, 0.1) is 9.49 Å². The van der Waals surface area contributed by atoms with Crippen molar-refractivity contribution in [3.05, 3.63) is 63.7 Å². The monoisotopic (exact) mass is 351 g/mol. The van der Waals surface area contributed by atoms with Crippen molar-refractivity contribution in [3.8, 4) is 0 Å². The highest BCUT2D eigenvalue weighted by Gasteiger charge is 2.15. The fourth-order valence-corrected chi connectivity index (χ4v) is 2.58. The van der Waals surface area contributed by atoms with Crippen molar-refractivity contribution in [2.75, 3.05) is 5.32 Å². The Morgan fingerprint density at radius 1 is 0.889 bits per heavy atom. The number of para-hydroxylation sites is 1. The molecule has 1 atom stereocenters. The van der Waals surface area contributed by atoms with Gasteiger partial charge in [0.15, 0.2) is 0 Å². The third-order valence-electron chi connectivity index (χ3n) is 3.01. The average Bonchev–Trinajstić information content (AvgIpc) is 2.38. The molecular formula is C16H18IN. The van der Waals surface area contributed by atoms with Gasteiger partial charge in [0.05, 0.1) is 6.04 Å². The van der Waals surface area contributed by atoms with Gasteiger partial charge in [-0.25, -0.2) is 0 Å². The van der Waals surface area contributed by atoms with Gasteiger partial charge in [0, 0.05) is 9.26 Å². The second-order valence-electron chi connectivity index (χ2n) is 4.76. The van der Waals surface area contributed by atoms with Gasteiger partial charge in [-0.05, 0) is 46.2 Å². The number of nitrogens with one attached hydrogen (secondary N) is 1. The molecule has 0 bridgehead atoms. The molecule has 94 valence electrons. The summed E-state index contributed by atoms with van der Waals surface area (Å²) in [5, 5.41) is 3.66. The van der Waals surface area contributed by atoms with Crippen molar-refractivity contribution in [2.45, 2.75) is 19.9 Å². The van der Waals surface area contributed by atoms with Gasteiger partial charge in [0.25, 0.3) is 0 Å². The van der Waals surface area contributed by atoms with Crippen LogP contribution in [0.5, 0.6) is 0 Å². The third-order valence-corrected chi connectivity index (χ3v) is 3.95. The predicted molar refractivity (Wildman–Crippen MR) is 86.8 cm³/mol. The normalized spacial score (nSPS) is 12.4. The molecule has 2 aromatic carbocycles. The Labute approximate surface area is 123 Å². The quantitative estimate of drug-likeness (QED) is 0.756. The second kappa shape index (κ2) is 6.23. The maximum atomic E-state index is 3.66. The van der Waals surface area contributed by atoms with Crippen molar-refractivity contribution in [1.29, 1.82) is 0 Å². The van der Waals surface area contributed by atoms with Crippen LogP contribution in [0.4, 0.5) is 5.69 Å². The molecule has 0 spiro atoms. The van der Waals surface area contributed by atoms with Crippen LogP contribution >= 0.6 is 22.6 Å². The van der Waals surface area contributed by atoms with Crippen molar-refractivity contribution in [1.82, 2.24) is 0 Å².